The molecule has 0 aliphatic carbocycles. The molecule has 0 fully saturated rings. The highest BCUT2D eigenvalue weighted by Gasteiger charge is 2.17. The van der Waals surface area contributed by atoms with Gasteiger partial charge in [-0.3, -0.25) is 0 Å². The molecule has 0 bridgehead atoms. The second kappa shape index (κ2) is 6.55. The molecule has 0 saturated carbocycles. The van der Waals surface area contributed by atoms with Gasteiger partial charge in [-0.1, -0.05) is 60.7 Å². The van der Waals surface area contributed by atoms with Gasteiger partial charge in [-0.05, 0) is 0 Å². The normalized spacial score (nSPS) is 10.8. The van der Waals surface area contributed by atoms with Crippen molar-refractivity contribution in [2.75, 3.05) is 7.05 Å². The fourth-order valence-electron chi connectivity index (χ4n) is 2.06. The summed E-state index contributed by atoms with van der Waals surface area (Å²) in [4.78, 5) is 0. The third-order valence-electron chi connectivity index (χ3n) is 2.77. The lowest BCUT2D eigenvalue weighted by Crippen LogP contribution is -3.00. The number of halogens is 1. The largest absolute Gasteiger partial charge is 1.00 e. The first-order valence-electron chi connectivity index (χ1n) is 5.87. The lowest BCUT2D eigenvalue weighted by molar-refractivity contribution is -0.947. The van der Waals surface area contributed by atoms with Gasteiger partial charge in [-0.2, -0.15) is 5.84 Å². The van der Waals surface area contributed by atoms with Crippen LogP contribution in [-0.2, 0) is 13.1 Å². The van der Waals surface area contributed by atoms with Gasteiger partial charge in [0.05, 0.1) is 7.05 Å². The predicted molar refractivity (Wildman–Crippen MR) is 70.7 cm³/mol. The van der Waals surface area contributed by atoms with E-state index in [-0.39, 0.29) is 12.4 Å². The molecule has 0 aliphatic rings. The Bertz CT molecular complexity index is 411. The number of rotatable bonds is 4. The van der Waals surface area contributed by atoms with Gasteiger partial charge >= 0.3 is 0 Å². The third-order valence-corrected chi connectivity index (χ3v) is 2.77. The van der Waals surface area contributed by atoms with Crippen LogP contribution in [0.15, 0.2) is 60.7 Å². The van der Waals surface area contributed by atoms with Gasteiger partial charge in [0, 0.05) is 11.1 Å². The first-order valence-corrected chi connectivity index (χ1v) is 5.87. The number of nitrogens with two attached hydrogens (primary N) is 1. The minimum absolute atomic E-state index is 0. The van der Waals surface area contributed by atoms with Crippen LogP contribution in [0, 0.1) is 0 Å². The molecule has 2 nitrogen and oxygen atoms in total. The molecule has 18 heavy (non-hydrogen) atoms. The lowest BCUT2D eigenvalue weighted by atomic mass is 10.1. The highest BCUT2D eigenvalue weighted by molar-refractivity contribution is 5.15. The maximum atomic E-state index is 6.32. The molecule has 0 aromatic heterocycles. The van der Waals surface area contributed by atoms with Gasteiger partial charge in [-0.15, -0.1) is 0 Å². The van der Waals surface area contributed by atoms with Crippen molar-refractivity contribution >= 4 is 0 Å². The van der Waals surface area contributed by atoms with Gasteiger partial charge in [0.15, 0.2) is 0 Å². The molecule has 0 saturated heterocycles. The van der Waals surface area contributed by atoms with Crippen LogP contribution in [0.2, 0.25) is 0 Å². The van der Waals surface area contributed by atoms with E-state index in [1.54, 1.807) is 0 Å². The Hall–Kier alpha value is -1.35. The Balaban J connectivity index is 0.00000162. The zero-order chi connectivity index (χ0) is 12.1. The fraction of sp³-hybridized carbons (Fsp3) is 0.200. The summed E-state index contributed by atoms with van der Waals surface area (Å²) in [6.45, 7) is 1.69. The molecule has 2 aromatic carbocycles. The van der Waals surface area contributed by atoms with Crippen LogP contribution in [0.25, 0.3) is 0 Å². The van der Waals surface area contributed by atoms with Crippen molar-refractivity contribution in [1.29, 1.82) is 0 Å². The van der Waals surface area contributed by atoms with Crippen molar-refractivity contribution in [3.8, 4) is 0 Å². The predicted octanol–water partition coefficient (Wildman–Crippen LogP) is -0.289. The molecule has 2 aromatic rings. The van der Waals surface area contributed by atoms with Crippen LogP contribution in [0.4, 0.5) is 0 Å². The standard InChI is InChI=1S/C15H19N2.ClH/c1-17(16,12-14-8-4-2-5-9-14)13-15-10-6-3-7-11-15;/h2-11H,12-13,16H2,1H3;1H/q+1;/p-1. The second-order valence-corrected chi connectivity index (χ2v) is 4.77. The molecule has 0 radical (unpaired) electrons. The molecule has 0 amide bonds. The zero-order valence-electron chi connectivity index (χ0n) is 10.6. The van der Waals surface area contributed by atoms with Gasteiger partial charge < -0.3 is 12.4 Å². The van der Waals surface area contributed by atoms with E-state index in [4.69, 9.17) is 5.84 Å². The lowest BCUT2D eigenvalue weighted by Gasteiger charge is -2.28. The smallest absolute Gasteiger partial charge is 0.122 e. The molecule has 0 unspecified atom stereocenters. The number of quaternary nitrogens is 1. The van der Waals surface area contributed by atoms with E-state index in [0.29, 0.717) is 4.59 Å². The Labute approximate surface area is 115 Å². The van der Waals surface area contributed by atoms with E-state index in [9.17, 15) is 0 Å². The molecule has 0 aliphatic heterocycles. The minimum atomic E-state index is 0. The first-order chi connectivity index (χ1) is 8.16. The van der Waals surface area contributed by atoms with Gasteiger partial charge in [0.25, 0.3) is 0 Å². The topological polar surface area (TPSA) is 26.0 Å². The Kier molecular flexibility index (Phi) is 5.35. The molecule has 2 rings (SSSR count). The number of benzene rings is 2. The average molecular weight is 263 g/mol. The maximum absolute atomic E-state index is 6.32. The molecule has 96 valence electrons. The Morgan fingerprint density at radius 3 is 1.44 bits per heavy atom. The van der Waals surface area contributed by atoms with Crippen LogP contribution in [0.5, 0.6) is 0 Å². The summed E-state index contributed by atoms with van der Waals surface area (Å²) in [6.07, 6.45) is 0. The van der Waals surface area contributed by atoms with E-state index in [2.05, 4.69) is 55.6 Å². The van der Waals surface area contributed by atoms with Crippen LogP contribution >= 0.6 is 0 Å². The Morgan fingerprint density at radius 1 is 0.778 bits per heavy atom. The summed E-state index contributed by atoms with van der Waals surface area (Å²) in [6, 6.07) is 20.7. The summed E-state index contributed by atoms with van der Waals surface area (Å²) in [7, 11) is 2.06. The number of hydrogen-bond acceptors (Lipinski definition) is 1. The zero-order valence-corrected chi connectivity index (χ0v) is 11.3. The van der Waals surface area contributed by atoms with E-state index in [1.807, 2.05) is 12.1 Å². The second-order valence-electron chi connectivity index (χ2n) is 4.77. The molecular formula is C15H19ClN2. The van der Waals surface area contributed by atoms with E-state index >= 15 is 0 Å². The highest BCUT2D eigenvalue weighted by atomic mass is 35.5. The molecule has 0 heterocycles. The SMILES string of the molecule is C[N+](N)(Cc1ccccc1)Cc1ccccc1.[Cl-]. The quantitative estimate of drug-likeness (QED) is 0.458. The van der Waals surface area contributed by atoms with Crippen molar-refractivity contribution in [3.05, 3.63) is 71.8 Å². The van der Waals surface area contributed by atoms with Crippen molar-refractivity contribution < 1.29 is 17.0 Å². The van der Waals surface area contributed by atoms with Crippen LogP contribution in [0.3, 0.4) is 0 Å². The fourth-order valence-corrected chi connectivity index (χ4v) is 2.06. The van der Waals surface area contributed by atoms with Crippen LogP contribution < -0.4 is 18.2 Å². The van der Waals surface area contributed by atoms with Gasteiger partial charge in [0.2, 0.25) is 0 Å². The molecule has 0 spiro atoms. The average Bonchev–Trinajstić information content (AvgIpc) is 2.30. The maximum Gasteiger partial charge on any atom is 0.122 e. The van der Waals surface area contributed by atoms with Crippen LogP contribution in [-0.4, -0.2) is 11.6 Å². The van der Waals surface area contributed by atoms with E-state index in [1.165, 1.54) is 11.1 Å². The molecular weight excluding hydrogens is 244 g/mol. The van der Waals surface area contributed by atoms with Gasteiger partial charge in [-0.25, -0.2) is 4.59 Å². The van der Waals surface area contributed by atoms with Crippen LogP contribution in [0.1, 0.15) is 11.1 Å². The van der Waals surface area contributed by atoms with Crippen molar-refractivity contribution in [2.45, 2.75) is 13.1 Å². The molecule has 3 heteroatoms. The van der Waals surface area contributed by atoms with E-state index < -0.39 is 0 Å². The summed E-state index contributed by atoms with van der Waals surface area (Å²) in [5.41, 5.74) is 2.54. The monoisotopic (exact) mass is 262 g/mol. The summed E-state index contributed by atoms with van der Waals surface area (Å²) < 4.78 is 0.480. The minimum Gasteiger partial charge on any atom is -1.00 e. The Morgan fingerprint density at radius 2 is 1.11 bits per heavy atom. The first kappa shape index (κ1) is 14.7. The van der Waals surface area contributed by atoms with Crippen molar-refractivity contribution in [2.24, 2.45) is 5.84 Å². The van der Waals surface area contributed by atoms with Crippen molar-refractivity contribution in [3.63, 3.8) is 0 Å². The third kappa shape index (κ3) is 4.49. The number of hydrogen-bond donors (Lipinski definition) is 1. The highest BCUT2D eigenvalue weighted by Crippen LogP contribution is 2.12. The number of nitrogens with zero attached hydrogens (tertiary/aromatic N) is 1. The van der Waals surface area contributed by atoms with E-state index in [0.717, 1.165) is 13.1 Å². The van der Waals surface area contributed by atoms with Gasteiger partial charge in [0.1, 0.15) is 13.1 Å². The summed E-state index contributed by atoms with van der Waals surface area (Å²) in [5, 5.41) is 0. The van der Waals surface area contributed by atoms with Crippen molar-refractivity contribution in [1.82, 2.24) is 0 Å². The molecule has 0 atom stereocenters. The summed E-state index contributed by atoms with van der Waals surface area (Å²) in [5.74, 6) is 6.32. The molecule has 2 N–H and O–H groups in total. The summed E-state index contributed by atoms with van der Waals surface area (Å²) >= 11 is 0.